The Labute approximate surface area is 120 Å². The van der Waals surface area contributed by atoms with E-state index in [1.807, 2.05) is 0 Å². The highest BCUT2D eigenvalue weighted by Crippen LogP contribution is 2.13. The standard InChI is InChI=1S/C13H16N2O6/c16-8-1-2-10(14-5-8)13(19)15-9-3-4-20-6-11(9)21-7-12(17)18/h1-2,5,9,11,16H,3-4,6-7H2,(H,15,19)(H,17,18)/t9-,11-/m1/s1. The summed E-state index contributed by atoms with van der Waals surface area (Å²) in [4.78, 5) is 26.4. The summed E-state index contributed by atoms with van der Waals surface area (Å²) in [5.74, 6) is -1.52. The number of carboxylic acids is 1. The highest BCUT2D eigenvalue weighted by molar-refractivity contribution is 5.92. The Bertz CT molecular complexity index is 504. The molecule has 8 heteroatoms. The van der Waals surface area contributed by atoms with Crippen molar-refractivity contribution in [3.8, 4) is 5.75 Å². The van der Waals surface area contributed by atoms with Crippen molar-refractivity contribution in [2.24, 2.45) is 0 Å². The van der Waals surface area contributed by atoms with Gasteiger partial charge in [-0.2, -0.15) is 0 Å². The molecule has 1 aromatic heterocycles. The highest BCUT2D eigenvalue weighted by Gasteiger charge is 2.29. The predicted octanol–water partition coefficient (Wildman–Crippen LogP) is -0.224. The minimum Gasteiger partial charge on any atom is -0.506 e. The Morgan fingerprint density at radius 1 is 1.48 bits per heavy atom. The van der Waals surface area contributed by atoms with Gasteiger partial charge >= 0.3 is 5.97 Å². The van der Waals surface area contributed by atoms with Gasteiger partial charge in [0, 0.05) is 6.61 Å². The molecule has 21 heavy (non-hydrogen) atoms. The average Bonchev–Trinajstić information content (AvgIpc) is 2.47. The van der Waals surface area contributed by atoms with Gasteiger partial charge in [0.2, 0.25) is 0 Å². The fraction of sp³-hybridized carbons (Fsp3) is 0.462. The lowest BCUT2D eigenvalue weighted by Crippen LogP contribution is -2.50. The van der Waals surface area contributed by atoms with Crippen molar-refractivity contribution in [3.05, 3.63) is 24.0 Å². The number of aliphatic carboxylic acids is 1. The van der Waals surface area contributed by atoms with Crippen LogP contribution in [-0.2, 0) is 14.3 Å². The number of nitrogens with one attached hydrogen (secondary N) is 1. The molecular formula is C13H16N2O6. The summed E-state index contributed by atoms with van der Waals surface area (Å²) in [7, 11) is 0. The molecule has 0 bridgehead atoms. The number of carboxylic acid groups (broad SMARTS) is 1. The van der Waals surface area contributed by atoms with E-state index in [1.165, 1.54) is 18.3 Å². The minimum absolute atomic E-state index is 0.0275. The topological polar surface area (TPSA) is 118 Å². The average molecular weight is 296 g/mol. The van der Waals surface area contributed by atoms with Gasteiger partial charge in [-0.1, -0.05) is 0 Å². The van der Waals surface area contributed by atoms with E-state index in [-0.39, 0.29) is 24.1 Å². The second kappa shape index (κ2) is 7.00. The lowest BCUT2D eigenvalue weighted by molar-refractivity contribution is -0.148. The van der Waals surface area contributed by atoms with Crippen LogP contribution in [0.2, 0.25) is 0 Å². The first-order valence-corrected chi connectivity index (χ1v) is 6.43. The molecule has 8 nitrogen and oxygen atoms in total. The lowest BCUT2D eigenvalue weighted by atomic mass is 10.1. The molecule has 1 aliphatic heterocycles. The Morgan fingerprint density at radius 2 is 2.29 bits per heavy atom. The quantitative estimate of drug-likeness (QED) is 0.687. The molecule has 2 heterocycles. The number of hydrogen-bond acceptors (Lipinski definition) is 6. The molecule has 0 radical (unpaired) electrons. The van der Waals surface area contributed by atoms with Crippen molar-refractivity contribution < 1.29 is 29.3 Å². The number of aromatic hydroxyl groups is 1. The van der Waals surface area contributed by atoms with E-state index < -0.39 is 24.6 Å². The summed E-state index contributed by atoms with van der Waals surface area (Å²) in [5.41, 5.74) is 0.163. The van der Waals surface area contributed by atoms with Gasteiger partial charge in [-0.05, 0) is 18.6 Å². The summed E-state index contributed by atoms with van der Waals surface area (Å²) < 4.78 is 10.4. The second-order valence-electron chi connectivity index (χ2n) is 4.59. The van der Waals surface area contributed by atoms with E-state index in [0.29, 0.717) is 13.0 Å². The first-order chi connectivity index (χ1) is 10.1. The molecule has 0 unspecified atom stereocenters. The van der Waals surface area contributed by atoms with Crippen LogP contribution in [-0.4, -0.2) is 59.0 Å². The monoisotopic (exact) mass is 296 g/mol. The molecule has 114 valence electrons. The molecule has 2 atom stereocenters. The maximum absolute atomic E-state index is 12.0. The van der Waals surface area contributed by atoms with Crippen molar-refractivity contribution in [3.63, 3.8) is 0 Å². The number of nitrogens with zero attached hydrogens (tertiary/aromatic N) is 1. The molecule has 1 aliphatic rings. The van der Waals surface area contributed by atoms with Crippen LogP contribution in [0.25, 0.3) is 0 Å². The van der Waals surface area contributed by atoms with Gasteiger partial charge in [-0.25, -0.2) is 9.78 Å². The van der Waals surface area contributed by atoms with Crippen LogP contribution >= 0.6 is 0 Å². The van der Waals surface area contributed by atoms with Crippen LogP contribution in [0.15, 0.2) is 18.3 Å². The van der Waals surface area contributed by atoms with Crippen molar-refractivity contribution in [2.45, 2.75) is 18.6 Å². The van der Waals surface area contributed by atoms with E-state index in [9.17, 15) is 9.59 Å². The molecule has 1 aromatic rings. The molecule has 1 amide bonds. The van der Waals surface area contributed by atoms with Crippen molar-refractivity contribution in [1.29, 1.82) is 0 Å². The Kier molecular flexibility index (Phi) is 5.07. The smallest absolute Gasteiger partial charge is 0.329 e. The maximum Gasteiger partial charge on any atom is 0.329 e. The number of hydrogen-bond donors (Lipinski definition) is 3. The Balaban J connectivity index is 1.96. The van der Waals surface area contributed by atoms with Crippen LogP contribution < -0.4 is 5.32 Å². The van der Waals surface area contributed by atoms with Gasteiger partial charge in [0.15, 0.2) is 0 Å². The largest absolute Gasteiger partial charge is 0.506 e. The number of pyridine rings is 1. The van der Waals surface area contributed by atoms with Gasteiger partial charge in [0.1, 0.15) is 24.2 Å². The van der Waals surface area contributed by atoms with E-state index in [2.05, 4.69) is 10.3 Å². The molecule has 1 fully saturated rings. The zero-order valence-corrected chi connectivity index (χ0v) is 11.2. The SMILES string of the molecule is O=C(O)CO[C@@H]1COCC[C@H]1NC(=O)c1ccc(O)cn1. The molecule has 0 spiro atoms. The van der Waals surface area contributed by atoms with Crippen LogP contribution in [0.5, 0.6) is 5.75 Å². The van der Waals surface area contributed by atoms with Crippen LogP contribution in [0.3, 0.4) is 0 Å². The third-order valence-corrected chi connectivity index (χ3v) is 3.02. The van der Waals surface area contributed by atoms with E-state index in [0.717, 1.165) is 0 Å². The van der Waals surface area contributed by atoms with Gasteiger partial charge < -0.3 is 25.0 Å². The van der Waals surface area contributed by atoms with Crippen molar-refractivity contribution >= 4 is 11.9 Å². The van der Waals surface area contributed by atoms with Crippen LogP contribution in [0, 0.1) is 0 Å². The van der Waals surface area contributed by atoms with Crippen molar-refractivity contribution in [2.75, 3.05) is 19.8 Å². The zero-order valence-electron chi connectivity index (χ0n) is 11.2. The molecule has 0 aromatic carbocycles. The second-order valence-corrected chi connectivity index (χ2v) is 4.59. The molecule has 3 N–H and O–H groups in total. The van der Waals surface area contributed by atoms with Gasteiger partial charge in [0.25, 0.3) is 5.91 Å². The predicted molar refractivity (Wildman–Crippen MR) is 70.0 cm³/mol. The summed E-state index contributed by atoms with van der Waals surface area (Å²) in [6, 6.07) is 2.42. The summed E-state index contributed by atoms with van der Waals surface area (Å²) in [6.45, 7) is 0.236. The number of ether oxygens (including phenoxy) is 2. The summed E-state index contributed by atoms with van der Waals surface area (Å²) >= 11 is 0. The maximum atomic E-state index is 12.0. The number of amides is 1. The summed E-state index contributed by atoms with van der Waals surface area (Å²) in [6.07, 6.45) is 1.18. The number of carbonyl (C=O) groups excluding carboxylic acids is 1. The normalized spacial score (nSPS) is 21.7. The van der Waals surface area contributed by atoms with Crippen LogP contribution in [0.4, 0.5) is 0 Å². The van der Waals surface area contributed by atoms with Crippen molar-refractivity contribution in [1.82, 2.24) is 10.3 Å². The number of aromatic nitrogens is 1. The fourth-order valence-electron chi connectivity index (χ4n) is 1.98. The van der Waals surface area contributed by atoms with E-state index in [1.54, 1.807) is 0 Å². The third kappa shape index (κ3) is 4.40. The minimum atomic E-state index is -1.08. The Morgan fingerprint density at radius 3 is 2.95 bits per heavy atom. The molecule has 0 aliphatic carbocycles. The van der Waals surface area contributed by atoms with Gasteiger partial charge in [0.05, 0.1) is 18.8 Å². The molecule has 0 saturated carbocycles. The Hall–Kier alpha value is -2.19. The van der Waals surface area contributed by atoms with E-state index >= 15 is 0 Å². The zero-order chi connectivity index (χ0) is 15.2. The third-order valence-electron chi connectivity index (χ3n) is 3.02. The lowest BCUT2D eigenvalue weighted by Gasteiger charge is -2.31. The van der Waals surface area contributed by atoms with E-state index in [4.69, 9.17) is 19.7 Å². The number of carbonyl (C=O) groups is 2. The summed E-state index contributed by atoms with van der Waals surface area (Å²) in [5, 5.41) is 20.5. The number of rotatable bonds is 5. The van der Waals surface area contributed by atoms with Gasteiger partial charge in [-0.3, -0.25) is 4.79 Å². The highest BCUT2D eigenvalue weighted by atomic mass is 16.5. The molecular weight excluding hydrogens is 280 g/mol. The van der Waals surface area contributed by atoms with Crippen LogP contribution in [0.1, 0.15) is 16.9 Å². The first kappa shape index (κ1) is 15.2. The van der Waals surface area contributed by atoms with Gasteiger partial charge in [-0.15, -0.1) is 0 Å². The molecule has 1 saturated heterocycles. The fourth-order valence-corrected chi connectivity index (χ4v) is 1.98. The first-order valence-electron chi connectivity index (χ1n) is 6.43. The molecule has 2 rings (SSSR count).